The van der Waals surface area contributed by atoms with Gasteiger partial charge < -0.3 is 10.6 Å². The zero-order chi connectivity index (χ0) is 15.5. The number of anilines is 2. The normalized spacial score (nSPS) is 15.0. The number of aryl methyl sites for hydroxylation is 2. The van der Waals surface area contributed by atoms with Gasteiger partial charge in [-0.3, -0.25) is 4.79 Å². The number of amides is 1. The molecule has 2 aromatic heterocycles. The Bertz CT molecular complexity index is 677. The molecule has 0 atom stereocenters. The summed E-state index contributed by atoms with van der Waals surface area (Å²) < 4.78 is 0. The lowest BCUT2D eigenvalue weighted by Crippen LogP contribution is -2.32. The second-order valence-corrected chi connectivity index (χ2v) is 6.68. The van der Waals surface area contributed by atoms with Crippen molar-refractivity contribution in [2.75, 3.05) is 5.32 Å². The minimum Gasteiger partial charge on any atom is -0.349 e. The minimum atomic E-state index is -0.00727. The lowest BCUT2D eigenvalue weighted by atomic mass is 10.2. The smallest absolute Gasteiger partial charge is 0.263 e. The maximum atomic E-state index is 12.4. The van der Waals surface area contributed by atoms with Crippen LogP contribution >= 0.6 is 11.3 Å². The van der Waals surface area contributed by atoms with E-state index in [1.54, 1.807) is 0 Å². The highest BCUT2D eigenvalue weighted by atomic mass is 32.1. The number of aromatic nitrogens is 2. The predicted molar refractivity (Wildman–Crippen MR) is 88.8 cm³/mol. The molecule has 5 nitrogen and oxygen atoms in total. The van der Waals surface area contributed by atoms with Crippen molar-refractivity contribution in [2.45, 2.75) is 45.6 Å². The van der Waals surface area contributed by atoms with E-state index >= 15 is 0 Å². The van der Waals surface area contributed by atoms with Crippen molar-refractivity contribution in [3.63, 3.8) is 0 Å². The molecule has 1 amide bonds. The molecular formula is C16H20N4OS. The van der Waals surface area contributed by atoms with Crippen molar-refractivity contribution >= 4 is 28.2 Å². The SMILES string of the molecule is Cc1cccc(Nc2nc(C)c(C(=O)NC3CCCC3)s2)n1. The van der Waals surface area contributed by atoms with E-state index in [0.29, 0.717) is 16.1 Å². The molecule has 2 aromatic rings. The van der Waals surface area contributed by atoms with Crippen molar-refractivity contribution in [3.8, 4) is 0 Å². The summed E-state index contributed by atoms with van der Waals surface area (Å²) in [5.74, 6) is 0.739. The van der Waals surface area contributed by atoms with Gasteiger partial charge in [0.2, 0.25) is 0 Å². The molecule has 0 radical (unpaired) electrons. The van der Waals surface area contributed by atoms with Gasteiger partial charge in [-0.2, -0.15) is 0 Å². The quantitative estimate of drug-likeness (QED) is 0.905. The number of pyridine rings is 1. The fourth-order valence-electron chi connectivity index (χ4n) is 2.70. The molecule has 0 aliphatic heterocycles. The molecule has 1 saturated carbocycles. The average Bonchev–Trinajstić information content (AvgIpc) is 3.08. The Kier molecular flexibility index (Phi) is 4.38. The van der Waals surface area contributed by atoms with Crippen LogP contribution in [-0.2, 0) is 0 Å². The minimum absolute atomic E-state index is 0.00727. The molecule has 0 bridgehead atoms. The van der Waals surface area contributed by atoms with Crippen molar-refractivity contribution in [2.24, 2.45) is 0 Å². The first-order valence-electron chi connectivity index (χ1n) is 7.61. The summed E-state index contributed by atoms with van der Waals surface area (Å²) in [5, 5.41) is 6.98. The number of nitrogens with one attached hydrogen (secondary N) is 2. The van der Waals surface area contributed by atoms with Crippen LogP contribution in [0.15, 0.2) is 18.2 Å². The van der Waals surface area contributed by atoms with Crippen LogP contribution in [0, 0.1) is 13.8 Å². The Hall–Kier alpha value is -1.95. The summed E-state index contributed by atoms with van der Waals surface area (Å²) >= 11 is 1.38. The van der Waals surface area contributed by atoms with Gasteiger partial charge in [0.15, 0.2) is 5.13 Å². The fraction of sp³-hybridized carbons (Fsp3) is 0.438. The Morgan fingerprint density at radius 3 is 2.73 bits per heavy atom. The number of carbonyl (C=O) groups is 1. The van der Waals surface area contributed by atoms with Crippen molar-refractivity contribution in [1.82, 2.24) is 15.3 Å². The van der Waals surface area contributed by atoms with E-state index in [2.05, 4.69) is 20.6 Å². The molecule has 0 spiro atoms. The van der Waals surface area contributed by atoms with Crippen LogP contribution in [0.3, 0.4) is 0 Å². The zero-order valence-electron chi connectivity index (χ0n) is 12.8. The van der Waals surface area contributed by atoms with Crippen molar-refractivity contribution in [3.05, 3.63) is 34.5 Å². The largest absolute Gasteiger partial charge is 0.349 e. The second-order valence-electron chi connectivity index (χ2n) is 5.68. The Balaban J connectivity index is 1.71. The van der Waals surface area contributed by atoms with E-state index in [4.69, 9.17) is 0 Å². The lowest BCUT2D eigenvalue weighted by molar-refractivity contribution is 0.0941. The average molecular weight is 316 g/mol. The second kappa shape index (κ2) is 6.44. The van der Waals surface area contributed by atoms with Gasteiger partial charge in [0.25, 0.3) is 5.91 Å². The third-order valence-corrected chi connectivity index (χ3v) is 4.89. The summed E-state index contributed by atoms with van der Waals surface area (Å²) in [6.07, 6.45) is 4.58. The zero-order valence-corrected chi connectivity index (χ0v) is 13.7. The standard InChI is InChI=1S/C16H20N4OS/c1-10-6-5-9-13(17-10)20-16-18-11(2)14(22-16)15(21)19-12-7-3-4-8-12/h5-6,9,12H,3-4,7-8H2,1-2H3,(H,19,21)(H,17,18,20). The van der Waals surface area contributed by atoms with E-state index in [-0.39, 0.29) is 5.91 Å². The van der Waals surface area contributed by atoms with Gasteiger partial charge in [-0.05, 0) is 38.8 Å². The summed E-state index contributed by atoms with van der Waals surface area (Å²) in [7, 11) is 0. The number of nitrogens with zero attached hydrogens (tertiary/aromatic N) is 2. The van der Waals surface area contributed by atoms with Crippen LogP contribution < -0.4 is 10.6 Å². The highest BCUT2D eigenvalue weighted by Crippen LogP contribution is 2.26. The van der Waals surface area contributed by atoms with E-state index in [1.807, 2.05) is 32.0 Å². The topological polar surface area (TPSA) is 66.9 Å². The molecule has 1 fully saturated rings. The Morgan fingerprint density at radius 2 is 2.00 bits per heavy atom. The number of thiazole rings is 1. The molecule has 116 valence electrons. The van der Waals surface area contributed by atoms with Gasteiger partial charge in [0.1, 0.15) is 10.7 Å². The van der Waals surface area contributed by atoms with Crippen LogP contribution in [0.5, 0.6) is 0 Å². The third-order valence-electron chi connectivity index (χ3n) is 3.82. The summed E-state index contributed by atoms with van der Waals surface area (Å²) in [6.45, 7) is 3.81. The summed E-state index contributed by atoms with van der Waals surface area (Å²) in [4.78, 5) is 21.9. The first-order chi connectivity index (χ1) is 10.6. The molecule has 3 rings (SSSR count). The molecule has 0 unspecified atom stereocenters. The number of rotatable bonds is 4. The van der Waals surface area contributed by atoms with Crippen LogP contribution in [0.1, 0.15) is 46.7 Å². The summed E-state index contributed by atoms with van der Waals surface area (Å²) in [6, 6.07) is 6.10. The fourth-order valence-corrected chi connectivity index (χ4v) is 3.58. The highest BCUT2D eigenvalue weighted by Gasteiger charge is 2.21. The molecule has 22 heavy (non-hydrogen) atoms. The van der Waals surface area contributed by atoms with E-state index < -0.39 is 0 Å². The monoisotopic (exact) mass is 316 g/mol. The van der Waals surface area contributed by atoms with E-state index in [9.17, 15) is 4.79 Å². The Morgan fingerprint density at radius 1 is 1.23 bits per heavy atom. The van der Waals surface area contributed by atoms with E-state index in [0.717, 1.165) is 30.0 Å². The molecule has 0 saturated heterocycles. The predicted octanol–water partition coefficient (Wildman–Crippen LogP) is 3.57. The van der Waals surface area contributed by atoms with Gasteiger partial charge in [-0.1, -0.05) is 30.2 Å². The van der Waals surface area contributed by atoms with E-state index in [1.165, 1.54) is 24.2 Å². The van der Waals surface area contributed by atoms with Crippen LogP contribution in [0.25, 0.3) is 0 Å². The van der Waals surface area contributed by atoms with Gasteiger partial charge in [-0.25, -0.2) is 9.97 Å². The first kappa shape index (κ1) is 15.0. The number of hydrogen-bond acceptors (Lipinski definition) is 5. The van der Waals surface area contributed by atoms with Gasteiger partial charge in [0.05, 0.1) is 5.69 Å². The molecule has 2 N–H and O–H groups in total. The summed E-state index contributed by atoms with van der Waals surface area (Å²) in [5.41, 5.74) is 1.70. The maximum absolute atomic E-state index is 12.4. The molecule has 1 aliphatic rings. The molecule has 0 aromatic carbocycles. The molecule has 6 heteroatoms. The van der Waals surface area contributed by atoms with Crippen LogP contribution in [0.2, 0.25) is 0 Å². The van der Waals surface area contributed by atoms with Crippen LogP contribution in [0.4, 0.5) is 10.9 Å². The lowest BCUT2D eigenvalue weighted by Gasteiger charge is -2.10. The molecular weight excluding hydrogens is 296 g/mol. The van der Waals surface area contributed by atoms with Crippen molar-refractivity contribution < 1.29 is 4.79 Å². The highest BCUT2D eigenvalue weighted by molar-refractivity contribution is 7.17. The Labute approximate surface area is 134 Å². The molecule has 2 heterocycles. The van der Waals surface area contributed by atoms with Gasteiger partial charge >= 0.3 is 0 Å². The van der Waals surface area contributed by atoms with Gasteiger partial charge in [0, 0.05) is 11.7 Å². The van der Waals surface area contributed by atoms with Gasteiger partial charge in [-0.15, -0.1) is 0 Å². The first-order valence-corrected chi connectivity index (χ1v) is 8.42. The molecule has 1 aliphatic carbocycles. The van der Waals surface area contributed by atoms with Crippen molar-refractivity contribution in [1.29, 1.82) is 0 Å². The van der Waals surface area contributed by atoms with Crippen LogP contribution in [-0.4, -0.2) is 21.9 Å². The maximum Gasteiger partial charge on any atom is 0.263 e. The number of hydrogen-bond donors (Lipinski definition) is 2. The third kappa shape index (κ3) is 3.44. The number of carbonyl (C=O) groups excluding carboxylic acids is 1.